The smallest absolute Gasteiger partial charge is 0.327 e. The van der Waals surface area contributed by atoms with Gasteiger partial charge in [0, 0.05) is 0 Å². The van der Waals surface area contributed by atoms with Gasteiger partial charge >= 0.3 is 11.9 Å². The minimum Gasteiger partial charge on any atom is -0.469 e. The maximum Gasteiger partial charge on any atom is 0.327 e. The molecule has 0 bridgehead atoms. The van der Waals surface area contributed by atoms with Gasteiger partial charge in [0.05, 0.1) is 7.11 Å². The molecule has 0 aromatic heterocycles. The molecule has 0 radical (unpaired) electrons. The zero-order valence-electron chi connectivity index (χ0n) is 8.79. The summed E-state index contributed by atoms with van der Waals surface area (Å²) in [6.07, 6.45) is -0.451. The number of likely N-dealkylation sites (N-methyl/N-ethyl adjacent to an activating group) is 1. The Morgan fingerprint density at radius 1 is 1.64 bits per heavy atom. The fourth-order valence-corrected chi connectivity index (χ4v) is 1.77. The summed E-state index contributed by atoms with van der Waals surface area (Å²) in [4.78, 5) is 22.9. The molecule has 0 aromatic rings. The molecule has 0 aliphatic carbocycles. The molecule has 1 fully saturated rings. The number of hydrogen-bond acceptors (Lipinski definition) is 5. The van der Waals surface area contributed by atoms with E-state index < -0.39 is 29.5 Å². The highest BCUT2D eigenvalue weighted by molar-refractivity contribution is 5.91. The number of methoxy groups -OCH3 is 1. The van der Waals surface area contributed by atoms with E-state index in [1.807, 2.05) is 0 Å². The van der Waals surface area contributed by atoms with Gasteiger partial charge in [0.1, 0.15) is 17.6 Å². The summed E-state index contributed by atoms with van der Waals surface area (Å²) in [6, 6.07) is 0. The molecule has 80 valence electrons. The van der Waals surface area contributed by atoms with Gasteiger partial charge in [0.15, 0.2) is 0 Å². The second-order valence-corrected chi connectivity index (χ2v) is 3.56. The Kier molecular flexibility index (Phi) is 2.80. The van der Waals surface area contributed by atoms with Crippen molar-refractivity contribution in [3.63, 3.8) is 0 Å². The quantitative estimate of drug-likeness (QED) is 0.621. The highest BCUT2D eigenvalue weighted by atomic mass is 16.6. The molecule has 0 amide bonds. The van der Waals surface area contributed by atoms with Crippen molar-refractivity contribution in [2.24, 2.45) is 5.92 Å². The van der Waals surface area contributed by atoms with Gasteiger partial charge in [0.2, 0.25) is 0 Å². The molecule has 5 heteroatoms. The highest BCUT2D eigenvalue weighted by Crippen LogP contribution is 2.32. The molecule has 3 atom stereocenters. The van der Waals surface area contributed by atoms with Crippen LogP contribution >= 0.6 is 0 Å². The van der Waals surface area contributed by atoms with Crippen LogP contribution < -0.4 is 5.32 Å². The van der Waals surface area contributed by atoms with E-state index in [4.69, 9.17) is 4.74 Å². The van der Waals surface area contributed by atoms with Gasteiger partial charge in [-0.25, -0.2) is 0 Å². The van der Waals surface area contributed by atoms with E-state index in [2.05, 4.69) is 10.1 Å². The lowest BCUT2D eigenvalue weighted by atomic mass is 9.85. The molecule has 0 aromatic carbocycles. The number of carbonyl (C=O) groups excluding carboxylic acids is 2. The Bertz CT molecular complexity index is 266. The van der Waals surface area contributed by atoms with Crippen molar-refractivity contribution < 1.29 is 19.1 Å². The fourth-order valence-electron chi connectivity index (χ4n) is 1.77. The molecule has 0 spiro atoms. The minimum absolute atomic E-state index is 0.414. The van der Waals surface area contributed by atoms with Gasteiger partial charge < -0.3 is 14.8 Å². The van der Waals surface area contributed by atoms with E-state index in [1.54, 1.807) is 20.9 Å². The Morgan fingerprint density at radius 3 is 2.64 bits per heavy atom. The summed E-state index contributed by atoms with van der Waals surface area (Å²) in [5.41, 5.74) is -0.980. The van der Waals surface area contributed by atoms with Crippen molar-refractivity contribution >= 4 is 11.9 Å². The van der Waals surface area contributed by atoms with Gasteiger partial charge in [-0.3, -0.25) is 9.59 Å². The molecule has 1 N–H and O–H groups in total. The molecule has 0 unspecified atom stereocenters. The third-order valence-electron chi connectivity index (χ3n) is 2.78. The van der Waals surface area contributed by atoms with Crippen molar-refractivity contribution in [2.45, 2.75) is 25.5 Å². The van der Waals surface area contributed by atoms with Crippen molar-refractivity contribution in [1.82, 2.24) is 5.32 Å². The molecular formula is C9H15NO4. The van der Waals surface area contributed by atoms with Gasteiger partial charge in [-0.15, -0.1) is 0 Å². The van der Waals surface area contributed by atoms with E-state index in [0.717, 1.165) is 0 Å². The largest absolute Gasteiger partial charge is 0.469 e. The van der Waals surface area contributed by atoms with Crippen LogP contribution in [0.15, 0.2) is 0 Å². The Hall–Kier alpha value is -1.10. The number of hydrogen-bond donors (Lipinski definition) is 1. The van der Waals surface area contributed by atoms with Gasteiger partial charge in [0.25, 0.3) is 0 Å². The number of carbonyl (C=O) groups is 2. The van der Waals surface area contributed by atoms with Crippen LogP contribution in [0, 0.1) is 5.92 Å². The SMILES string of the molecule is CN[C@@]1(C)C(=O)O[C@@H](C)[C@@H]1C(=O)OC. The van der Waals surface area contributed by atoms with Crippen LogP contribution in [0.5, 0.6) is 0 Å². The van der Waals surface area contributed by atoms with Crippen molar-refractivity contribution in [2.75, 3.05) is 14.2 Å². The Balaban J connectivity index is 3.01. The first-order chi connectivity index (χ1) is 6.47. The number of esters is 2. The van der Waals surface area contributed by atoms with Gasteiger partial charge in [-0.1, -0.05) is 0 Å². The number of rotatable bonds is 2. The van der Waals surface area contributed by atoms with Crippen LogP contribution in [-0.2, 0) is 19.1 Å². The van der Waals surface area contributed by atoms with Gasteiger partial charge in [-0.2, -0.15) is 0 Å². The van der Waals surface area contributed by atoms with Crippen LogP contribution in [0.1, 0.15) is 13.8 Å². The molecule has 5 nitrogen and oxygen atoms in total. The minimum atomic E-state index is -0.980. The van der Waals surface area contributed by atoms with Crippen LogP contribution in [0.3, 0.4) is 0 Å². The van der Waals surface area contributed by atoms with E-state index in [9.17, 15) is 9.59 Å². The first kappa shape index (κ1) is 11.0. The maximum atomic E-state index is 11.5. The normalized spacial score (nSPS) is 36.7. The highest BCUT2D eigenvalue weighted by Gasteiger charge is 2.56. The van der Waals surface area contributed by atoms with Crippen molar-refractivity contribution in [1.29, 1.82) is 0 Å². The summed E-state index contributed by atoms with van der Waals surface area (Å²) < 4.78 is 9.64. The molecule has 1 aliphatic heterocycles. The van der Waals surface area contributed by atoms with E-state index in [1.165, 1.54) is 7.11 Å². The third-order valence-corrected chi connectivity index (χ3v) is 2.78. The standard InChI is InChI=1S/C9H15NO4/c1-5-6(7(11)13-4)9(2,10-3)8(12)14-5/h5-6,10H,1-4H3/t5-,6+,9+/m0/s1. The predicted octanol–water partition coefficient (Wildman–Crippen LogP) is -0.301. The zero-order chi connectivity index (χ0) is 10.9. The molecule has 1 heterocycles. The van der Waals surface area contributed by atoms with Crippen LogP contribution in [0.2, 0.25) is 0 Å². The molecule has 1 aliphatic rings. The Morgan fingerprint density at radius 2 is 2.21 bits per heavy atom. The van der Waals surface area contributed by atoms with Gasteiger partial charge in [-0.05, 0) is 20.9 Å². The lowest BCUT2D eigenvalue weighted by molar-refractivity contribution is -0.149. The van der Waals surface area contributed by atoms with E-state index in [0.29, 0.717) is 0 Å². The summed E-state index contributed by atoms with van der Waals surface area (Å²) in [5, 5.41) is 2.81. The van der Waals surface area contributed by atoms with Crippen molar-refractivity contribution in [3.8, 4) is 0 Å². The lowest BCUT2D eigenvalue weighted by Crippen LogP contribution is -2.53. The first-order valence-electron chi connectivity index (χ1n) is 4.45. The third kappa shape index (κ3) is 1.37. The number of cyclic esters (lactones) is 1. The average Bonchev–Trinajstić information content (AvgIpc) is 2.38. The molecule has 1 rings (SSSR count). The summed E-state index contributed by atoms with van der Waals surface area (Å²) in [6.45, 7) is 3.32. The molecule has 1 saturated heterocycles. The first-order valence-corrected chi connectivity index (χ1v) is 4.45. The van der Waals surface area contributed by atoms with Crippen LogP contribution in [0.4, 0.5) is 0 Å². The molecule has 0 saturated carbocycles. The zero-order valence-corrected chi connectivity index (χ0v) is 8.79. The Labute approximate surface area is 82.8 Å². The second kappa shape index (κ2) is 3.57. The number of ether oxygens (including phenoxy) is 2. The lowest BCUT2D eigenvalue weighted by Gasteiger charge is -2.25. The molecule has 14 heavy (non-hydrogen) atoms. The topological polar surface area (TPSA) is 64.6 Å². The second-order valence-electron chi connectivity index (χ2n) is 3.56. The maximum absolute atomic E-state index is 11.5. The average molecular weight is 201 g/mol. The molecular weight excluding hydrogens is 186 g/mol. The fraction of sp³-hybridized carbons (Fsp3) is 0.778. The summed E-state index contributed by atoms with van der Waals surface area (Å²) in [7, 11) is 2.92. The van der Waals surface area contributed by atoms with E-state index in [-0.39, 0.29) is 0 Å². The summed E-state index contributed by atoms with van der Waals surface area (Å²) in [5.74, 6) is -1.44. The number of nitrogens with one attached hydrogen (secondary N) is 1. The van der Waals surface area contributed by atoms with Crippen molar-refractivity contribution in [3.05, 3.63) is 0 Å². The van der Waals surface area contributed by atoms with E-state index >= 15 is 0 Å². The summed E-state index contributed by atoms with van der Waals surface area (Å²) >= 11 is 0. The van der Waals surface area contributed by atoms with Crippen LogP contribution in [-0.4, -0.2) is 37.7 Å². The monoisotopic (exact) mass is 201 g/mol. The van der Waals surface area contributed by atoms with Crippen LogP contribution in [0.25, 0.3) is 0 Å². The predicted molar refractivity (Wildman–Crippen MR) is 48.5 cm³/mol.